The van der Waals surface area contributed by atoms with E-state index < -0.39 is 18.6 Å². The molecule has 0 bridgehead atoms. The first-order valence-corrected chi connectivity index (χ1v) is 6.61. The average Bonchev–Trinajstić information content (AvgIpc) is 2.94. The molecule has 0 saturated carbocycles. The molecule has 0 aliphatic carbocycles. The van der Waals surface area contributed by atoms with Gasteiger partial charge in [-0.25, -0.2) is 4.98 Å². The normalized spacial score (nSPS) is 11.5. The number of amides is 1. The van der Waals surface area contributed by atoms with Gasteiger partial charge in [0, 0.05) is 16.3 Å². The Kier molecular flexibility index (Phi) is 3.67. The van der Waals surface area contributed by atoms with Crippen molar-refractivity contribution in [3.05, 3.63) is 27.9 Å². The molecule has 0 saturated heterocycles. The number of hydrogen-bond acceptors (Lipinski definition) is 4. The van der Waals surface area contributed by atoms with Gasteiger partial charge in [-0.05, 0) is 11.4 Å². The fourth-order valence-electron chi connectivity index (χ4n) is 1.17. The lowest BCUT2D eigenvalue weighted by Gasteiger charge is -2.06. The molecule has 18 heavy (non-hydrogen) atoms. The fourth-order valence-corrected chi connectivity index (χ4v) is 2.68. The number of nitrogens with one attached hydrogen (secondary N) is 1. The van der Waals surface area contributed by atoms with Gasteiger partial charge >= 0.3 is 6.18 Å². The summed E-state index contributed by atoms with van der Waals surface area (Å²) in [5, 5.41) is 7.56. The maximum Gasteiger partial charge on any atom is 0.405 e. The van der Waals surface area contributed by atoms with Gasteiger partial charge in [-0.2, -0.15) is 24.5 Å². The Labute approximate surface area is 108 Å². The van der Waals surface area contributed by atoms with Crippen molar-refractivity contribution in [3.63, 3.8) is 0 Å². The van der Waals surface area contributed by atoms with Gasteiger partial charge in [-0.1, -0.05) is 0 Å². The number of hydrogen-bond donors (Lipinski definition) is 1. The Morgan fingerprint density at radius 2 is 2.17 bits per heavy atom. The third kappa shape index (κ3) is 3.30. The highest BCUT2D eigenvalue weighted by molar-refractivity contribution is 7.14. The summed E-state index contributed by atoms with van der Waals surface area (Å²) in [5.41, 5.74) is 0.866. The van der Waals surface area contributed by atoms with Crippen LogP contribution in [0.5, 0.6) is 0 Å². The van der Waals surface area contributed by atoms with Crippen LogP contribution in [0.3, 0.4) is 0 Å². The quantitative estimate of drug-likeness (QED) is 0.944. The molecule has 1 N–H and O–H groups in total. The van der Waals surface area contributed by atoms with Gasteiger partial charge in [-0.15, -0.1) is 11.3 Å². The Hall–Kier alpha value is -1.41. The van der Waals surface area contributed by atoms with Crippen molar-refractivity contribution in [3.8, 4) is 10.6 Å². The lowest BCUT2D eigenvalue weighted by molar-refractivity contribution is -0.123. The second kappa shape index (κ2) is 5.07. The second-order valence-corrected chi connectivity index (χ2v) is 4.99. The molecule has 2 rings (SSSR count). The number of carbonyl (C=O) groups is 1. The van der Waals surface area contributed by atoms with Crippen LogP contribution in [0, 0.1) is 0 Å². The molecule has 3 nitrogen and oxygen atoms in total. The first kappa shape index (κ1) is 13.0. The van der Waals surface area contributed by atoms with E-state index in [2.05, 4.69) is 4.98 Å². The number of rotatable bonds is 3. The molecule has 8 heteroatoms. The first-order chi connectivity index (χ1) is 8.46. The van der Waals surface area contributed by atoms with Crippen LogP contribution in [0.1, 0.15) is 10.5 Å². The Balaban J connectivity index is 2.04. The Bertz CT molecular complexity index is 534. The highest BCUT2D eigenvalue weighted by atomic mass is 32.1. The van der Waals surface area contributed by atoms with E-state index in [1.807, 2.05) is 16.8 Å². The standard InChI is InChI=1S/C10H7F3N2OS2/c11-10(12,13)5-14-8(16)7-4-18-9(15-7)6-1-2-17-3-6/h1-4H,5H2,(H,14,16). The van der Waals surface area contributed by atoms with E-state index in [1.54, 1.807) is 5.32 Å². The van der Waals surface area contributed by atoms with E-state index in [9.17, 15) is 18.0 Å². The van der Waals surface area contributed by atoms with Gasteiger partial charge in [-0.3, -0.25) is 4.79 Å². The summed E-state index contributed by atoms with van der Waals surface area (Å²) in [4.78, 5) is 15.4. The molecule has 0 radical (unpaired) electrons. The summed E-state index contributed by atoms with van der Waals surface area (Å²) in [7, 11) is 0. The summed E-state index contributed by atoms with van der Waals surface area (Å²) in [5.74, 6) is -0.815. The molecule has 2 aromatic rings. The van der Waals surface area contributed by atoms with Crippen molar-refractivity contribution in [2.45, 2.75) is 6.18 Å². The molecule has 1 amide bonds. The highest BCUT2D eigenvalue weighted by Gasteiger charge is 2.28. The highest BCUT2D eigenvalue weighted by Crippen LogP contribution is 2.25. The number of nitrogens with zero attached hydrogens (tertiary/aromatic N) is 1. The van der Waals surface area contributed by atoms with Crippen LogP contribution in [0.4, 0.5) is 13.2 Å². The summed E-state index contributed by atoms with van der Waals surface area (Å²) in [6, 6.07) is 1.83. The lowest BCUT2D eigenvalue weighted by Crippen LogP contribution is -2.33. The van der Waals surface area contributed by atoms with Gasteiger partial charge in [0.15, 0.2) is 0 Å². The van der Waals surface area contributed by atoms with Crippen LogP contribution < -0.4 is 5.32 Å². The largest absolute Gasteiger partial charge is 0.405 e. The molecule has 0 atom stereocenters. The molecule has 0 aromatic carbocycles. The Morgan fingerprint density at radius 1 is 1.39 bits per heavy atom. The number of carbonyl (C=O) groups excluding carboxylic acids is 1. The number of thiazole rings is 1. The molecular weight excluding hydrogens is 285 g/mol. The Morgan fingerprint density at radius 3 is 2.78 bits per heavy atom. The van der Waals surface area contributed by atoms with Crippen molar-refractivity contribution >= 4 is 28.6 Å². The lowest BCUT2D eigenvalue weighted by atomic mass is 10.3. The molecule has 2 heterocycles. The third-order valence-electron chi connectivity index (χ3n) is 1.95. The summed E-state index contributed by atoms with van der Waals surface area (Å²) >= 11 is 2.71. The van der Waals surface area contributed by atoms with Crippen LogP contribution in [0.25, 0.3) is 10.6 Å². The van der Waals surface area contributed by atoms with E-state index in [-0.39, 0.29) is 5.69 Å². The zero-order valence-corrected chi connectivity index (χ0v) is 10.5. The molecule has 0 spiro atoms. The van der Waals surface area contributed by atoms with Crippen molar-refractivity contribution in [1.82, 2.24) is 10.3 Å². The molecule has 96 valence electrons. The summed E-state index contributed by atoms with van der Waals surface area (Å²) < 4.78 is 35.8. The maximum absolute atomic E-state index is 11.9. The van der Waals surface area contributed by atoms with Crippen molar-refractivity contribution < 1.29 is 18.0 Å². The van der Waals surface area contributed by atoms with E-state index in [0.29, 0.717) is 5.01 Å². The van der Waals surface area contributed by atoms with Crippen LogP contribution in [0.15, 0.2) is 22.2 Å². The van der Waals surface area contributed by atoms with Gasteiger partial charge in [0.1, 0.15) is 17.2 Å². The van der Waals surface area contributed by atoms with Gasteiger partial charge < -0.3 is 5.32 Å². The predicted octanol–water partition coefficient (Wildman–Crippen LogP) is 3.16. The second-order valence-electron chi connectivity index (χ2n) is 3.35. The van der Waals surface area contributed by atoms with Crippen LogP contribution in [-0.2, 0) is 0 Å². The smallest absolute Gasteiger partial charge is 0.342 e. The topological polar surface area (TPSA) is 42.0 Å². The molecule has 0 aliphatic rings. The molecule has 0 aliphatic heterocycles. The number of alkyl halides is 3. The minimum atomic E-state index is -4.41. The third-order valence-corrected chi connectivity index (χ3v) is 3.53. The number of thiophene rings is 1. The van der Waals surface area contributed by atoms with Crippen molar-refractivity contribution in [1.29, 1.82) is 0 Å². The van der Waals surface area contributed by atoms with E-state index in [0.717, 1.165) is 5.56 Å². The summed E-state index contributed by atoms with van der Waals surface area (Å²) in [6.07, 6.45) is -4.41. The van der Waals surface area contributed by atoms with E-state index in [4.69, 9.17) is 0 Å². The molecule has 2 aromatic heterocycles. The van der Waals surface area contributed by atoms with Crippen LogP contribution >= 0.6 is 22.7 Å². The molecule has 0 fully saturated rings. The van der Waals surface area contributed by atoms with Crippen LogP contribution in [0.2, 0.25) is 0 Å². The van der Waals surface area contributed by atoms with Gasteiger partial charge in [0.25, 0.3) is 5.91 Å². The zero-order valence-electron chi connectivity index (χ0n) is 8.82. The fraction of sp³-hybridized carbons (Fsp3) is 0.200. The predicted molar refractivity (Wildman–Crippen MR) is 63.8 cm³/mol. The zero-order chi connectivity index (χ0) is 13.2. The monoisotopic (exact) mass is 292 g/mol. The van der Waals surface area contributed by atoms with Gasteiger partial charge in [0.2, 0.25) is 0 Å². The minimum absolute atomic E-state index is 0.00505. The first-order valence-electron chi connectivity index (χ1n) is 4.79. The molecular formula is C10H7F3N2OS2. The maximum atomic E-state index is 11.9. The SMILES string of the molecule is O=C(NCC(F)(F)F)c1csc(-c2ccsc2)n1. The van der Waals surface area contributed by atoms with E-state index in [1.165, 1.54) is 28.1 Å². The number of halogens is 3. The number of aromatic nitrogens is 1. The van der Waals surface area contributed by atoms with Crippen LogP contribution in [-0.4, -0.2) is 23.6 Å². The van der Waals surface area contributed by atoms with Crippen molar-refractivity contribution in [2.24, 2.45) is 0 Å². The van der Waals surface area contributed by atoms with Crippen molar-refractivity contribution in [2.75, 3.05) is 6.54 Å². The minimum Gasteiger partial charge on any atom is -0.342 e. The van der Waals surface area contributed by atoms with Gasteiger partial charge in [0.05, 0.1) is 0 Å². The summed E-state index contributed by atoms with van der Waals surface area (Å²) in [6.45, 7) is -1.35. The molecule has 0 unspecified atom stereocenters. The van der Waals surface area contributed by atoms with E-state index >= 15 is 0 Å². The average molecular weight is 292 g/mol.